The summed E-state index contributed by atoms with van der Waals surface area (Å²) >= 11 is 1.19. The maximum Gasteiger partial charge on any atom is 0.393 e. The van der Waals surface area contributed by atoms with Crippen molar-refractivity contribution in [3.8, 4) is 0 Å². The normalized spacial score (nSPS) is 12.2. The number of fused-ring (bicyclic) bond motifs is 1. The van der Waals surface area contributed by atoms with Gasteiger partial charge in [0.15, 0.2) is 5.13 Å². The highest BCUT2D eigenvalue weighted by Crippen LogP contribution is 2.27. The van der Waals surface area contributed by atoms with Gasteiger partial charge in [0.25, 0.3) is 0 Å². The summed E-state index contributed by atoms with van der Waals surface area (Å²) in [5, 5.41) is 0.370. The summed E-state index contributed by atoms with van der Waals surface area (Å²) in [4.78, 5) is 3.97. The molecule has 0 fully saturated rings. The predicted octanol–water partition coefficient (Wildman–Crippen LogP) is 2.98. The fourth-order valence-corrected chi connectivity index (χ4v) is 2.13. The van der Waals surface area contributed by atoms with Gasteiger partial charge in [-0.3, -0.25) is 0 Å². The zero-order chi connectivity index (χ0) is 11.1. The average Bonchev–Trinajstić information content (AvgIpc) is 2.40. The molecule has 0 aliphatic heterocycles. The highest BCUT2D eigenvalue weighted by Gasteiger charge is 2.27. The molecule has 1 aromatic heterocycles. The smallest absolute Gasteiger partial charge is 0.375 e. The van der Waals surface area contributed by atoms with E-state index in [2.05, 4.69) is 4.98 Å². The van der Waals surface area contributed by atoms with Crippen LogP contribution in [0.25, 0.3) is 10.2 Å². The fourth-order valence-electron chi connectivity index (χ4n) is 1.33. The molecule has 0 amide bonds. The van der Waals surface area contributed by atoms with Crippen molar-refractivity contribution in [3.63, 3.8) is 0 Å². The Morgan fingerprint density at radius 2 is 2.07 bits per heavy atom. The van der Waals surface area contributed by atoms with E-state index < -0.39 is 12.6 Å². The number of hydrogen-bond acceptors (Lipinski definition) is 3. The summed E-state index contributed by atoms with van der Waals surface area (Å²) in [6.45, 7) is 0. The van der Waals surface area contributed by atoms with Gasteiger partial charge in [-0.1, -0.05) is 17.4 Å². The molecular weight excluding hydrogens is 225 g/mol. The van der Waals surface area contributed by atoms with Crippen LogP contribution in [0.3, 0.4) is 0 Å². The number of halogens is 3. The van der Waals surface area contributed by atoms with Crippen LogP contribution in [0, 0.1) is 0 Å². The molecule has 6 heteroatoms. The number of thiazole rings is 1. The van der Waals surface area contributed by atoms with Gasteiger partial charge in [-0.2, -0.15) is 13.2 Å². The largest absolute Gasteiger partial charge is 0.393 e. The predicted molar refractivity (Wildman–Crippen MR) is 53.8 cm³/mol. The number of rotatable bonds is 1. The third kappa shape index (κ3) is 2.38. The molecule has 0 spiro atoms. The maximum absolute atomic E-state index is 12.1. The molecule has 80 valence electrons. The van der Waals surface area contributed by atoms with E-state index >= 15 is 0 Å². The number of nitrogens with two attached hydrogens (primary N) is 1. The molecule has 0 radical (unpaired) electrons. The number of nitrogens with zero attached hydrogens (tertiary/aromatic N) is 1. The number of hydrogen-bond donors (Lipinski definition) is 1. The first-order valence-corrected chi connectivity index (χ1v) is 4.97. The van der Waals surface area contributed by atoms with E-state index in [1.165, 1.54) is 23.5 Å². The lowest BCUT2D eigenvalue weighted by molar-refractivity contribution is -0.127. The summed E-state index contributed by atoms with van der Waals surface area (Å²) < 4.78 is 37.0. The molecule has 0 aliphatic carbocycles. The second kappa shape index (κ2) is 3.37. The van der Waals surface area contributed by atoms with Gasteiger partial charge in [0, 0.05) is 0 Å². The van der Waals surface area contributed by atoms with E-state index in [0.717, 1.165) is 0 Å². The van der Waals surface area contributed by atoms with Gasteiger partial charge < -0.3 is 5.73 Å². The Hall–Kier alpha value is -1.30. The molecule has 1 aromatic carbocycles. The SMILES string of the molecule is Nc1nc2ccc(CC(F)(F)F)cc2s1. The second-order valence-electron chi connectivity index (χ2n) is 3.15. The summed E-state index contributed by atoms with van der Waals surface area (Å²) in [6.07, 6.45) is -5.09. The van der Waals surface area contributed by atoms with Crippen LogP contribution in [0.15, 0.2) is 18.2 Å². The number of alkyl halides is 3. The third-order valence-corrected chi connectivity index (χ3v) is 2.72. The van der Waals surface area contributed by atoms with Crippen LogP contribution in [-0.2, 0) is 6.42 Å². The molecule has 0 bridgehead atoms. The Kier molecular flexibility index (Phi) is 2.30. The van der Waals surface area contributed by atoms with Crippen LogP contribution in [0.4, 0.5) is 18.3 Å². The van der Waals surface area contributed by atoms with Gasteiger partial charge in [0.05, 0.1) is 16.6 Å². The van der Waals surface area contributed by atoms with Crippen LogP contribution >= 0.6 is 11.3 Å². The first kappa shape index (κ1) is 10.2. The summed E-state index contributed by atoms with van der Waals surface area (Å²) in [5.74, 6) is 0. The molecule has 0 unspecified atom stereocenters. The number of nitrogen functional groups attached to an aromatic ring is 1. The van der Waals surface area contributed by atoms with E-state index in [0.29, 0.717) is 15.3 Å². The standard InChI is InChI=1S/C9H7F3N2S/c10-9(11,12)4-5-1-2-6-7(3-5)15-8(13)14-6/h1-3H,4H2,(H2,13,14). The minimum absolute atomic E-state index is 0.235. The lowest BCUT2D eigenvalue weighted by Gasteiger charge is -2.05. The van der Waals surface area contributed by atoms with E-state index in [4.69, 9.17) is 5.73 Å². The van der Waals surface area contributed by atoms with Crippen LogP contribution in [0.5, 0.6) is 0 Å². The summed E-state index contributed by atoms with van der Waals surface area (Å²) in [5.41, 5.74) is 6.33. The molecule has 0 saturated heterocycles. The first-order chi connectivity index (χ1) is 6.94. The van der Waals surface area contributed by atoms with Crippen molar-refractivity contribution in [2.45, 2.75) is 12.6 Å². The second-order valence-corrected chi connectivity index (χ2v) is 4.21. The molecular formula is C9H7F3N2S. The lowest BCUT2D eigenvalue weighted by atomic mass is 10.1. The van der Waals surface area contributed by atoms with Crippen molar-refractivity contribution in [2.75, 3.05) is 5.73 Å². The van der Waals surface area contributed by atoms with Crippen molar-refractivity contribution < 1.29 is 13.2 Å². The Morgan fingerprint density at radius 1 is 1.33 bits per heavy atom. The zero-order valence-corrected chi connectivity index (χ0v) is 8.32. The summed E-state index contributed by atoms with van der Waals surface area (Å²) in [6, 6.07) is 4.47. The molecule has 0 saturated carbocycles. The van der Waals surface area contributed by atoms with E-state index in [1.807, 2.05) is 0 Å². The molecule has 2 aromatic rings. The molecule has 2 N–H and O–H groups in total. The van der Waals surface area contributed by atoms with E-state index in [9.17, 15) is 13.2 Å². The van der Waals surface area contributed by atoms with Crippen LogP contribution in [0.2, 0.25) is 0 Å². The Balaban J connectivity index is 2.38. The maximum atomic E-state index is 12.1. The number of aromatic nitrogens is 1. The lowest BCUT2D eigenvalue weighted by Crippen LogP contribution is -2.11. The molecule has 0 aliphatic rings. The van der Waals surface area contributed by atoms with Crippen molar-refractivity contribution in [3.05, 3.63) is 23.8 Å². The quantitative estimate of drug-likeness (QED) is 0.820. The van der Waals surface area contributed by atoms with Crippen LogP contribution < -0.4 is 5.73 Å². The van der Waals surface area contributed by atoms with Gasteiger partial charge in [-0.25, -0.2) is 4.98 Å². The van der Waals surface area contributed by atoms with Gasteiger partial charge in [-0.05, 0) is 17.7 Å². The highest BCUT2D eigenvalue weighted by atomic mass is 32.1. The Morgan fingerprint density at radius 3 is 2.73 bits per heavy atom. The number of anilines is 1. The van der Waals surface area contributed by atoms with Gasteiger partial charge >= 0.3 is 6.18 Å². The topological polar surface area (TPSA) is 38.9 Å². The zero-order valence-electron chi connectivity index (χ0n) is 7.51. The minimum Gasteiger partial charge on any atom is -0.375 e. The van der Waals surface area contributed by atoms with E-state index in [1.54, 1.807) is 6.07 Å². The third-order valence-electron chi connectivity index (χ3n) is 1.87. The van der Waals surface area contributed by atoms with E-state index in [-0.39, 0.29) is 5.56 Å². The van der Waals surface area contributed by atoms with Crippen LogP contribution in [0.1, 0.15) is 5.56 Å². The van der Waals surface area contributed by atoms with Crippen molar-refractivity contribution in [2.24, 2.45) is 0 Å². The van der Waals surface area contributed by atoms with Crippen molar-refractivity contribution >= 4 is 26.7 Å². The van der Waals surface area contributed by atoms with Gasteiger partial charge in [-0.15, -0.1) is 0 Å². The first-order valence-electron chi connectivity index (χ1n) is 4.16. The fraction of sp³-hybridized carbons (Fsp3) is 0.222. The van der Waals surface area contributed by atoms with Crippen LogP contribution in [-0.4, -0.2) is 11.2 Å². The van der Waals surface area contributed by atoms with Crippen molar-refractivity contribution in [1.82, 2.24) is 4.98 Å². The molecule has 15 heavy (non-hydrogen) atoms. The molecule has 0 atom stereocenters. The Bertz CT molecular complexity index is 490. The molecule has 2 rings (SSSR count). The monoisotopic (exact) mass is 232 g/mol. The molecule has 2 nitrogen and oxygen atoms in total. The number of benzene rings is 1. The average molecular weight is 232 g/mol. The van der Waals surface area contributed by atoms with Crippen molar-refractivity contribution in [1.29, 1.82) is 0 Å². The van der Waals surface area contributed by atoms with Gasteiger partial charge in [0.2, 0.25) is 0 Å². The highest BCUT2D eigenvalue weighted by molar-refractivity contribution is 7.22. The molecule has 1 heterocycles. The van der Waals surface area contributed by atoms with Gasteiger partial charge in [0.1, 0.15) is 0 Å². The minimum atomic E-state index is -4.18. The Labute approximate surface area is 87.5 Å². The summed E-state index contributed by atoms with van der Waals surface area (Å²) in [7, 11) is 0.